The third-order valence-corrected chi connectivity index (χ3v) is 7.59. The Labute approximate surface area is 220 Å². The second kappa shape index (κ2) is 12.3. The van der Waals surface area contributed by atoms with Crippen molar-refractivity contribution in [3.8, 4) is 11.1 Å². The molecule has 5 rings (SSSR count). The van der Waals surface area contributed by atoms with Crippen molar-refractivity contribution in [2.24, 2.45) is 5.73 Å². The topological polar surface area (TPSA) is 77.2 Å². The van der Waals surface area contributed by atoms with Crippen molar-refractivity contribution in [1.82, 2.24) is 4.90 Å². The maximum Gasteiger partial charge on any atom is 0.184 e. The monoisotopic (exact) mass is 502 g/mol. The van der Waals surface area contributed by atoms with Crippen LogP contribution >= 0.6 is 0 Å². The van der Waals surface area contributed by atoms with Crippen LogP contribution < -0.4 is 5.73 Å². The summed E-state index contributed by atoms with van der Waals surface area (Å²) in [6, 6.07) is 25.3. The van der Waals surface area contributed by atoms with E-state index < -0.39 is 6.29 Å². The molecule has 3 aromatic carbocycles. The predicted octanol–water partition coefficient (Wildman–Crippen LogP) is 4.96. The Kier molecular flexibility index (Phi) is 8.66. The first-order valence-corrected chi connectivity index (χ1v) is 13.3. The Morgan fingerprint density at radius 3 is 2.46 bits per heavy atom. The SMILES string of the molecule is COC[C@@H]1CCCN1C[C@H]1C[C@@H](c2ccc(CO)cc2)O[C@@H](c2ccc(-c3cccc(CN)c3)cc2)O1. The van der Waals surface area contributed by atoms with Crippen molar-refractivity contribution in [2.75, 3.05) is 26.8 Å². The van der Waals surface area contributed by atoms with Gasteiger partial charge in [-0.3, -0.25) is 4.90 Å². The van der Waals surface area contributed by atoms with Crippen LogP contribution in [0.5, 0.6) is 0 Å². The summed E-state index contributed by atoms with van der Waals surface area (Å²) < 4.78 is 18.6. The van der Waals surface area contributed by atoms with Gasteiger partial charge in [-0.25, -0.2) is 0 Å². The lowest BCUT2D eigenvalue weighted by Crippen LogP contribution is -2.42. The lowest BCUT2D eigenvalue weighted by molar-refractivity contribution is -0.253. The first-order valence-electron chi connectivity index (χ1n) is 13.3. The highest BCUT2D eigenvalue weighted by atomic mass is 16.7. The predicted molar refractivity (Wildman–Crippen MR) is 145 cm³/mol. The van der Waals surface area contributed by atoms with E-state index in [0.29, 0.717) is 12.6 Å². The molecule has 0 unspecified atom stereocenters. The van der Waals surface area contributed by atoms with E-state index >= 15 is 0 Å². The number of aliphatic hydroxyl groups is 1. The van der Waals surface area contributed by atoms with Gasteiger partial charge in [-0.1, -0.05) is 66.7 Å². The van der Waals surface area contributed by atoms with Gasteiger partial charge in [0.2, 0.25) is 0 Å². The molecule has 2 saturated heterocycles. The number of methoxy groups -OCH3 is 1. The first-order chi connectivity index (χ1) is 18.2. The third-order valence-electron chi connectivity index (χ3n) is 7.59. The average Bonchev–Trinajstić information content (AvgIpc) is 3.39. The number of rotatable bonds is 9. The molecule has 0 bridgehead atoms. The summed E-state index contributed by atoms with van der Waals surface area (Å²) in [4.78, 5) is 2.51. The minimum absolute atomic E-state index is 0.0382. The van der Waals surface area contributed by atoms with Crippen LogP contribution in [0, 0.1) is 0 Å². The fraction of sp³-hybridized carbons (Fsp3) is 0.419. The van der Waals surface area contributed by atoms with Gasteiger partial charge in [0.05, 0.1) is 25.4 Å². The average molecular weight is 503 g/mol. The van der Waals surface area contributed by atoms with Gasteiger partial charge in [0.15, 0.2) is 6.29 Å². The minimum Gasteiger partial charge on any atom is -0.392 e. The number of hydrogen-bond acceptors (Lipinski definition) is 6. The van der Waals surface area contributed by atoms with Gasteiger partial charge in [0.25, 0.3) is 0 Å². The van der Waals surface area contributed by atoms with Gasteiger partial charge in [-0.15, -0.1) is 0 Å². The lowest BCUT2D eigenvalue weighted by atomic mass is 9.99. The van der Waals surface area contributed by atoms with Crippen molar-refractivity contribution >= 4 is 0 Å². The number of nitrogens with zero attached hydrogens (tertiary/aromatic N) is 1. The van der Waals surface area contributed by atoms with E-state index in [9.17, 15) is 5.11 Å². The zero-order valence-electron chi connectivity index (χ0n) is 21.6. The Bertz CT molecular complexity index is 1130. The van der Waals surface area contributed by atoms with Crippen LogP contribution in [-0.2, 0) is 27.4 Å². The Morgan fingerprint density at radius 2 is 1.73 bits per heavy atom. The second-order valence-electron chi connectivity index (χ2n) is 10.1. The van der Waals surface area contributed by atoms with Gasteiger partial charge in [0, 0.05) is 38.2 Å². The molecular weight excluding hydrogens is 464 g/mol. The number of likely N-dealkylation sites (tertiary alicyclic amines) is 1. The van der Waals surface area contributed by atoms with Crippen molar-refractivity contribution in [3.63, 3.8) is 0 Å². The van der Waals surface area contributed by atoms with E-state index in [1.807, 2.05) is 24.3 Å². The van der Waals surface area contributed by atoms with E-state index in [0.717, 1.165) is 59.5 Å². The molecule has 2 heterocycles. The molecule has 3 N–H and O–H groups in total. The highest BCUT2D eigenvalue weighted by molar-refractivity contribution is 5.64. The summed E-state index contributed by atoms with van der Waals surface area (Å²) in [5.41, 5.74) is 12.3. The highest BCUT2D eigenvalue weighted by Gasteiger charge is 2.35. The molecule has 0 saturated carbocycles. The summed E-state index contributed by atoms with van der Waals surface area (Å²) in [6.45, 7) is 3.26. The van der Waals surface area contributed by atoms with E-state index in [1.165, 1.54) is 12.8 Å². The zero-order chi connectivity index (χ0) is 25.6. The van der Waals surface area contributed by atoms with Crippen molar-refractivity contribution in [2.45, 2.75) is 57.0 Å². The minimum atomic E-state index is -0.450. The van der Waals surface area contributed by atoms with Crippen LogP contribution in [0.2, 0.25) is 0 Å². The number of nitrogens with two attached hydrogens (primary N) is 1. The van der Waals surface area contributed by atoms with Gasteiger partial charge in [-0.2, -0.15) is 0 Å². The van der Waals surface area contributed by atoms with Gasteiger partial charge < -0.3 is 25.1 Å². The zero-order valence-corrected chi connectivity index (χ0v) is 21.6. The molecule has 0 aromatic heterocycles. The molecule has 37 heavy (non-hydrogen) atoms. The lowest BCUT2D eigenvalue weighted by Gasteiger charge is -2.38. The molecule has 0 aliphatic carbocycles. The third kappa shape index (κ3) is 6.29. The maximum absolute atomic E-state index is 9.46. The van der Waals surface area contributed by atoms with E-state index in [4.69, 9.17) is 19.9 Å². The summed E-state index contributed by atoms with van der Waals surface area (Å²) in [5.74, 6) is 0. The Balaban J connectivity index is 1.36. The second-order valence-corrected chi connectivity index (χ2v) is 10.1. The molecule has 2 fully saturated rings. The van der Waals surface area contributed by atoms with Crippen LogP contribution in [0.15, 0.2) is 72.8 Å². The molecule has 6 heteroatoms. The molecule has 0 amide bonds. The van der Waals surface area contributed by atoms with Crippen LogP contribution in [0.4, 0.5) is 0 Å². The summed E-state index contributed by atoms with van der Waals surface area (Å²) in [6.07, 6.45) is 2.66. The molecule has 6 nitrogen and oxygen atoms in total. The smallest absolute Gasteiger partial charge is 0.184 e. The van der Waals surface area contributed by atoms with E-state index in [1.54, 1.807) is 7.11 Å². The fourth-order valence-corrected chi connectivity index (χ4v) is 5.52. The molecule has 4 atom stereocenters. The quantitative estimate of drug-likeness (QED) is 0.431. The van der Waals surface area contributed by atoms with Crippen LogP contribution in [0.25, 0.3) is 11.1 Å². The fourth-order valence-electron chi connectivity index (χ4n) is 5.52. The summed E-state index contributed by atoms with van der Waals surface area (Å²) in [7, 11) is 1.78. The number of benzene rings is 3. The van der Waals surface area contributed by atoms with Gasteiger partial charge in [0.1, 0.15) is 0 Å². The van der Waals surface area contributed by atoms with Gasteiger partial charge in [-0.05, 0) is 53.3 Å². The molecule has 196 valence electrons. The molecular formula is C31H38N2O4. The molecule has 2 aliphatic rings. The Morgan fingerprint density at radius 1 is 0.946 bits per heavy atom. The summed E-state index contributed by atoms with van der Waals surface area (Å²) >= 11 is 0. The number of hydrogen-bond donors (Lipinski definition) is 2. The van der Waals surface area contributed by atoms with Crippen LogP contribution in [0.1, 0.15) is 53.9 Å². The van der Waals surface area contributed by atoms with Crippen molar-refractivity contribution in [1.29, 1.82) is 0 Å². The summed E-state index contributed by atoms with van der Waals surface area (Å²) in [5, 5.41) is 9.46. The molecule has 3 aromatic rings. The van der Waals surface area contributed by atoms with Crippen molar-refractivity contribution < 1.29 is 19.3 Å². The molecule has 2 aliphatic heterocycles. The van der Waals surface area contributed by atoms with Crippen LogP contribution in [-0.4, -0.2) is 49.0 Å². The maximum atomic E-state index is 9.46. The largest absolute Gasteiger partial charge is 0.392 e. The Hall–Kier alpha value is -2.58. The van der Waals surface area contributed by atoms with E-state index in [-0.39, 0.29) is 18.8 Å². The molecule has 0 spiro atoms. The standard InChI is InChI=1S/C31H38N2O4/c1-35-21-28-6-3-15-33(28)19-29-17-30(25-9-7-22(20-34)8-10-25)37-31(36-29)26-13-11-24(12-14-26)27-5-2-4-23(16-27)18-32/h2,4-5,7-14,16,28-31,34H,3,6,15,17-21,32H2,1H3/t28-,29+,30-,31-/m0/s1. The normalized spacial score (nSPS) is 24.4. The molecule has 0 radical (unpaired) electrons. The van der Waals surface area contributed by atoms with Crippen molar-refractivity contribution in [3.05, 3.63) is 95.1 Å². The first kappa shape index (κ1) is 26.0. The number of ether oxygens (including phenoxy) is 3. The van der Waals surface area contributed by atoms with E-state index in [2.05, 4.69) is 53.4 Å². The van der Waals surface area contributed by atoms with Gasteiger partial charge >= 0.3 is 0 Å². The van der Waals surface area contributed by atoms with Crippen LogP contribution in [0.3, 0.4) is 0 Å². The number of aliphatic hydroxyl groups excluding tert-OH is 1. The highest BCUT2D eigenvalue weighted by Crippen LogP contribution is 2.39.